The van der Waals surface area contributed by atoms with Crippen LogP contribution >= 0.6 is 0 Å². The molecule has 2 rings (SSSR count). The van der Waals surface area contributed by atoms with Crippen LogP contribution in [0.2, 0.25) is 0 Å². The monoisotopic (exact) mass is 274 g/mol. The molecule has 7 heteroatoms. The molecule has 0 saturated heterocycles. The minimum Gasteiger partial charge on any atom is -0.320 e. The minimum absolute atomic E-state index is 0.00289. The summed E-state index contributed by atoms with van der Waals surface area (Å²) in [5.74, 6) is -0.301. The summed E-state index contributed by atoms with van der Waals surface area (Å²) >= 11 is 0. The summed E-state index contributed by atoms with van der Waals surface area (Å²) in [7, 11) is 1.69. The van der Waals surface area contributed by atoms with E-state index in [2.05, 4.69) is 10.4 Å². The molecule has 0 radical (unpaired) electrons. The predicted molar refractivity (Wildman–Crippen MR) is 73.7 cm³/mol. The van der Waals surface area contributed by atoms with Gasteiger partial charge in [-0.3, -0.25) is 19.6 Å². The third kappa shape index (κ3) is 2.66. The van der Waals surface area contributed by atoms with Crippen molar-refractivity contribution in [2.45, 2.75) is 13.8 Å². The second-order valence-electron chi connectivity index (χ2n) is 4.51. The second kappa shape index (κ2) is 5.12. The molecule has 1 aromatic heterocycles. The molecule has 0 aliphatic rings. The SMILES string of the molecule is Cc1cc(C(=O)Nc2ccc([N+](=O)[O-])cc2C)n(C)n1. The summed E-state index contributed by atoms with van der Waals surface area (Å²) in [6.45, 7) is 3.50. The molecule has 0 spiro atoms. The summed E-state index contributed by atoms with van der Waals surface area (Å²) in [6.07, 6.45) is 0. The number of non-ortho nitro benzene ring substituents is 1. The zero-order chi connectivity index (χ0) is 14.9. The van der Waals surface area contributed by atoms with E-state index in [1.165, 1.54) is 22.9 Å². The number of benzene rings is 1. The van der Waals surface area contributed by atoms with Crippen LogP contribution in [-0.4, -0.2) is 20.6 Å². The molecule has 1 amide bonds. The Morgan fingerprint density at radius 1 is 1.35 bits per heavy atom. The summed E-state index contributed by atoms with van der Waals surface area (Å²) in [4.78, 5) is 22.3. The van der Waals surface area contributed by atoms with Crippen LogP contribution < -0.4 is 5.32 Å². The van der Waals surface area contributed by atoms with Gasteiger partial charge in [-0.15, -0.1) is 0 Å². The number of carbonyl (C=O) groups is 1. The van der Waals surface area contributed by atoms with Crippen LogP contribution in [0.4, 0.5) is 11.4 Å². The molecule has 0 saturated carbocycles. The Morgan fingerprint density at radius 3 is 2.55 bits per heavy atom. The molecule has 0 aliphatic carbocycles. The smallest absolute Gasteiger partial charge is 0.273 e. The maximum atomic E-state index is 12.1. The summed E-state index contributed by atoms with van der Waals surface area (Å²) < 4.78 is 1.49. The molecule has 0 bridgehead atoms. The molecule has 0 fully saturated rings. The second-order valence-corrected chi connectivity index (χ2v) is 4.51. The predicted octanol–water partition coefficient (Wildman–Crippen LogP) is 2.20. The number of nitrogens with one attached hydrogen (secondary N) is 1. The van der Waals surface area contributed by atoms with E-state index in [9.17, 15) is 14.9 Å². The van der Waals surface area contributed by atoms with Crippen molar-refractivity contribution in [1.82, 2.24) is 9.78 Å². The van der Waals surface area contributed by atoms with Gasteiger partial charge in [-0.2, -0.15) is 5.10 Å². The highest BCUT2D eigenvalue weighted by molar-refractivity contribution is 6.03. The average molecular weight is 274 g/mol. The Labute approximate surface area is 115 Å². The number of nitrogens with zero attached hydrogens (tertiary/aromatic N) is 3. The first-order valence-electron chi connectivity index (χ1n) is 5.95. The zero-order valence-corrected chi connectivity index (χ0v) is 11.4. The van der Waals surface area contributed by atoms with Gasteiger partial charge in [-0.1, -0.05) is 0 Å². The number of aryl methyl sites for hydroxylation is 3. The van der Waals surface area contributed by atoms with E-state index in [1.54, 1.807) is 27.0 Å². The third-order valence-electron chi connectivity index (χ3n) is 2.90. The van der Waals surface area contributed by atoms with E-state index in [-0.39, 0.29) is 11.6 Å². The number of aromatic nitrogens is 2. The minimum atomic E-state index is -0.469. The molecular weight excluding hydrogens is 260 g/mol. The number of nitro groups is 1. The van der Waals surface area contributed by atoms with Gasteiger partial charge in [-0.05, 0) is 31.5 Å². The van der Waals surface area contributed by atoms with Gasteiger partial charge in [0.2, 0.25) is 0 Å². The van der Waals surface area contributed by atoms with Crippen molar-refractivity contribution in [2.24, 2.45) is 7.05 Å². The van der Waals surface area contributed by atoms with Crippen molar-refractivity contribution < 1.29 is 9.72 Å². The van der Waals surface area contributed by atoms with Gasteiger partial charge in [0.05, 0.1) is 10.6 Å². The normalized spacial score (nSPS) is 10.3. The lowest BCUT2D eigenvalue weighted by atomic mass is 10.1. The average Bonchev–Trinajstić information content (AvgIpc) is 2.70. The number of carbonyl (C=O) groups excluding carboxylic acids is 1. The maximum Gasteiger partial charge on any atom is 0.273 e. The fourth-order valence-corrected chi connectivity index (χ4v) is 1.91. The number of hydrogen-bond acceptors (Lipinski definition) is 4. The lowest BCUT2D eigenvalue weighted by molar-refractivity contribution is -0.384. The molecule has 1 heterocycles. The molecule has 104 valence electrons. The largest absolute Gasteiger partial charge is 0.320 e. The van der Waals surface area contributed by atoms with Crippen LogP contribution in [0.1, 0.15) is 21.7 Å². The Bertz CT molecular complexity index is 691. The van der Waals surface area contributed by atoms with Gasteiger partial charge in [0.15, 0.2) is 0 Å². The number of rotatable bonds is 3. The van der Waals surface area contributed by atoms with Gasteiger partial charge in [0.25, 0.3) is 11.6 Å². The van der Waals surface area contributed by atoms with Crippen LogP contribution in [-0.2, 0) is 7.05 Å². The first-order valence-corrected chi connectivity index (χ1v) is 5.95. The lowest BCUT2D eigenvalue weighted by Gasteiger charge is -2.08. The van der Waals surface area contributed by atoms with E-state index in [0.29, 0.717) is 16.9 Å². The molecule has 0 aliphatic heterocycles. The first kappa shape index (κ1) is 13.7. The lowest BCUT2D eigenvalue weighted by Crippen LogP contribution is -2.16. The van der Waals surface area contributed by atoms with Crippen molar-refractivity contribution >= 4 is 17.3 Å². The Kier molecular flexibility index (Phi) is 3.51. The van der Waals surface area contributed by atoms with Crippen LogP contribution in [0, 0.1) is 24.0 Å². The maximum absolute atomic E-state index is 12.1. The fourth-order valence-electron chi connectivity index (χ4n) is 1.91. The van der Waals surface area contributed by atoms with E-state index in [1.807, 2.05) is 0 Å². The highest BCUT2D eigenvalue weighted by atomic mass is 16.6. The van der Waals surface area contributed by atoms with Gasteiger partial charge in [0.1, 0.15) is 5.69 Å². The highest BCUT2D eigenvalue weighted by Gasteiger charge is 2.14. The summed E-state index contributed by atoms with van der Waals surface area (Å²) in [5, 5.41) is 17.5. The van der Waals surface area contributed by atoms with E-state index >= 15 is 0 Å². The van der Waals surface area contributed by atoms with Crippen molar-refractivity contribution in [3.8, 4) is 0 Å². The molecule has 7 nitrogen and oxygen atoms in total. The van der Waals surface area contributed by atoms with Gasteiger partial charge >= 0.3 is 0 Å². The summed E-state index contributed by atoms with van der Waals surface area (Å²) in [6, 6.07) is 5.98. The van der Waals surface area contributed by atoms with Crippen molar-refractivity contribution in [3.63, 3.8) is 0 Å². The molecular formula is C13H14N4O3. The van der Waals surface area contributed by atoms with Gasteiger partial charge < -0.3 is 5.32 Å². The van der Waals surface area contributed by atoms with Crippen LogP contribution in [0.3, 0.4) is 0 Å². The van der Waals surface area contributed by atoms with Crippen molar-refractivity contribution in [3.05, 3.63) is 51.3 Å². The molecule has 2 aromatic rings. The van der Waals surface area contributed by atoms with Crippen molar-refractivity contribution in [2.75, 3.05) is 5.32 Å². The zero-order valence-electron chi connectivity index (χ0n) is 11.4. The molecule has 20 heavy (non-hydrogen) atoms. The summed E-state index contributed by atoms with van der Waals surface area (Å²) in [5.41, 5.74) is 2.35. The van der Waals surface area contributed by atoms with Crippen LogP contribution in [0.15, 0.2) is 24.3 Å². The first-order chi connectivity index (χ1) is 9.38. The number of hydrogen-bond donors (Lipinski definition) is 1. The molecule has 1 aromatic carbocycles. The van der Waals surface area contributed by atoms with Gasteiger partial charge in [0, 0.05) is 24.9 Å². The highest BCUT2D eigenvalue weighted by Crippen LogP contribution is 2.21. The van der Waals surface area contributed by atoms with E-state index in [0.717, 1.165) is 5.69 Å². The van der Waals surface area contributed by atoms with Crippen LogP contribution in [0.25, 0.3) is 0 Å². The van der Waals surface area contributed by atoms with Crippen LogP contribution in [0.5, 0.6) is 0 Å². The van der Waals surface area contributed by atoms with E-state index in [4.69, 9.17) is 0 Å². The van der Waals surface area contributed by atoms with E-state index < -0.39 is 4.92 Å². The topological polar surface area (TPSA) is 90.1 Å². The number of nitro benzene ring substituents is 1. The number of amides is 1. The molecule has 0 unspecified atom stereocenters. The van der Waals surface area contributed by atoms with Gasteiger partial charge in [-0.25, -0.2) is 0 Å². The number of anilines is 1. The Hall–Kier alpha value is -2.70. The Balaban J connectivity index is 2.24. The quantitative estimate of drug-likeness (QED) is 0.686. The van der Waals surface area contributed by atoms with Crippen molar-refractivity contribution in [1.29, 1.82) is 0 Å². The molecule has 0 atom stereocenters. The Morgan fingerprint density at radius 2 is 2.05 bits per heavy atom. The fraction of sp³-hybridized carbons (Fsp3) is 0.231. The third-order valence-corrected chi connectivity index (χ3v) is 2.90. The standard InChI is InChI=1S/C13H14N4O3/c1-8-6-10(17(19)20)4-5-11(8)14-13(18)12-7-9(2)15-16(12)3/h4-7H,1-3H3,(H,14,18). The molecule has 1 N–H and O–H groups in total.